The lowest BCUT2D eigenvalue weighted by Crippen LogP contribution is -2.10. The van der Waals surface area contributed by atoms with Crippen LogP contribution in [0, 0.1) is 0 Å². The quantitative estimate of drug-likeness (QED) is 0.799. The monoisotopic (exact) mass is 221 g/mol. The molecule has 1 atom stereocenters. The highest BCUT2D eigenvalue weighted by Gasteiger charge is 2.20. The highest BCUT2D eigenvalue weighted by Crippen LogP contribution is 2.23. The highest BCUT2D eigenvalue weighted by atomic mass is 35.5. The second-order valence-corrected chi connectivity index (χ2v) is 4.38. The summed E-state index contributed by atoms with van der Waals surface area (Å²) in [6, 6.07) is 3.90. The van der Waals surface area contributed by atoms with Crippen molar-refractivity contribution in [2.24, 2.45) is 0 Å². The number of halogens is 1. The smallest absolute Gasteiger partial charge is 0.117 e. The van der Waals surface area contributed by atoms with Gasteiger partial charge in [-0.25, -0.2) is 4.98 Å². The van der Waals surface area contributed by atoms with E-state index in [9.17, 15) is 0 Å². The van der Waals surface area contributed by atoms with Crippen molar-refractivity contribution in [2.75, 3.05) is 13.1 Å². The minimum atomic E-state index is 0.519. The first-order chi connectivity index (χ1) is 7.34. The Balaban J connectivity index is 2.13. The van der Waals surface area contributed by atoms with Gasteiger partial charge in [0.15, 0.2) is 0 Å². The van der Waals surface area contributed by atoms with Crippen LogP contribution in [-0.2, 0) is 0 Å². The zero-order valence-corrected chi connectivity index (χ0v) is 9.04. The molecule has 3 heterocycles. The molecule has 2 aromatic heterocycles. The van der Waals surface area contributed by atoms with E-state index in [1.165, 1.54) is 0 Å². The van der Waals surface area contributed by atoms with Gasteiger partial charge in [0.2, 0.25) is 0 Å². The van der Waals surface area contributed by atoms with E-state index < -0.39 is 0 Å². The molecule has 0 spiro atoms. The molecule has 0 amide bonds. The summed E-state index contributed by atoms with van der Waals surface area (Å²) < 4.78 is 2.10. The SMILES string of the molecule is Clc1ccc2cnc(C3CCNC3)n2c1. The lowest BCUT2D eigenvalue weighted by Gasteiger charge is -2.07. The molecular formula is C11H12ClN3. The van der Waals surface area contributed by atoms with Crippen molar-refractivity contribution in [1.29, 1.82) is 0 Å². The zero-order chi connectivity index (χ0) is 10.3. The molecule has 3 rings (SSSR count). The minimum absolute atomic E-state index is 0.519. The van der Waals surface area contributed by atoms with Crippen LogP contribution < -0.4 is 5.32 Å². The third kappa shape index (κ3) is 1.52. The number of nitrogens with zero attached hydrogens (tertiary/aromatic N) is 2. The standard InChI is InChI=1S/C11H12ClN3/c12-9-1-2-10-6-14-11(15(10)7-9)8-3-4-13-5-8/h1-2,6-8,13H,3-5H2. The summed E-state index contributed by atoms with van der Waals surface area (Å²) in [6.07, 6.45) is 5.01. The van der Waals surface area contributed by atoms with E-state index in [0.717, 1.165) is 35.9 Å². The van der Waals surface area contributed by atoms with Gasteiger partial charge in [0.05, 0.1) is 16.7 Å². The Morgan fingerprint density at radius 3 is 3.20 bits per heavy atom. The molecule has 3 nitrogen and oxygen atoms in total. The van der Waals surface area contributed by atoms with Gasteiger partial charge in [-0.15, -0.1) is 0 Å². The number of fused-ring (bicyclic) bond motifs is 1. The van der Waals surface area contributed by atoms with Crippen molar-refractivity contribution < 1.29 is 0 Å². The van der Waals surface area contributed by atoms with Gasteiger partial charge in [-0.1, -0.05) is 11.6 Å². The van der Waals surface area contributed by atoms with Crippen LogP contribution in [0.1, 0.15) is 18.2 Å². The highest BCUT2D eigenvalue weighted by molar-refractivity contribution is 6.30. The number of nitrogens with one attached hydrogen (secondary N) is 1. The maximum absolute atomic E-state index is 5.99. The molecule has 4 heteroatoms. The predicted octanol–water partition coefficient (Wildman–Crippen LogP) is 2.06. The van der Waals surface area contributed by atoms with Crippen LogP contribution >= 0.6 is 11.6 Å². The Morgan fingerprint density at radius 1 is 1.47 bits per heavy atom. The van der Waals surface area contributed by atoms with Crippen LogP contribution in [0.25, 0.3) is 5.52 Å². The average Bonchev–Trinajstić information content (AvgIpc) is 2.83. The number of pyridine rings is 1. The molecule has 1 fully saturated rings. The number of imidazole rings is 1. The summed E-state index contributed by atoms with van der Waals surface area (Å²) in [4.78, 5) is 4.48. The first kappa shape index (κ1) is 9.19. The normalized spacial score (nSPS) is 21.3. The summed E-state index contributed by atoms with van der Waals surface area (Å²) >= 11 is 5.99. The predicted molar refractivity (Wildman–Crippen MR) is 60.4 cm³/mol. The van der Waals surface area contributed by atoms with Crippen molar-refractivity contribution >= 4 is 17.1 Å². The van der Waals surface area contributed by atoms with Gasteiger partial charge in [0, 0.05) is 18.7 Å². The van der Waals surface area contributed by atoms with Crippen molar-refractivity contribution in [3.8, 4) is 0 Å². The molecule has 0 radical (unpaired) electrons. The zero-order valence-electron chi connectivity index (χ0n) is 8.28. The van der Waals surface area contributed by atoms with Crippen LogP contribution in [0.3, 0.4) is 0 Å². The molecular weight excluding hydrogens is 210 g/mol. The summed E-state index contributed by atoms with van der Waals surface area (Å²) in [5.41, 5.74) is 1.11. The molecule has 15 heavy (non-hydrogen) atoms. The summed E-state index contributed by atoms with van der Waals surface area (Å²) in [5, 5.41) is 4.11. The second-order valence-electron chi connectivity index (χ2n) is 3.95. The summed E-state index contributed by atoms with van der Waals surface area (Å²) in [5.74, 6) is 1.64. The number of hydrogen-bond donors (Lipinski definition) is 1. The van der Waals surface area contributed by atoms with Crippen molar-refractivity contribution in [1.82, 2.24) is 14.7 Å². The van der Waals surface area contributed by atoms with E-state index in [2.05, 4.69) is 14.7 Å². The first-order valence-electron chi connectivity index (χ1n) is 5.18. The average molecular weight is 222 g/mol. The van der Waals surface area contributed by atoms with E-state index in [0.29, 0.717) is 5.92 Å². The third-order valence-electron chi connectivity index (χ3n) is 2.95. The maximum Gasteiger partial charge on any atom is 0.117 e. The van der Waals surface area contributed by atoms with Gasteiger partial charge in [0.1, 0.15) is 5.82 Å². The second kappa shape index (κ2) is 3.51. The molecule has 0 saturated carbocycles. The van der Waals surface area contributed by atoms with E-state index in [1.807, 2.05) is 24.5 Å². The largest absolute Gasteiger partial charge is 0.316 e. The molecule has 1 aliphatic rings. The van der Waals surface area contributed by atoms with E-state index >= 15 is 0 Å². The lowest BCUT2D eigenvalue weighted by molar-refractivity contribution is 0.699. The molecule has 1 saturated heterocycles. The molecule has 2 aromatic rings. The van der Waals surface area contributed by atoms with Gasteiger partial charge < -0.3 is 9.72 Å². The van der Waals surface area contributed by atoms with E-state index in [-0.39, 0.29) is 0 Å². The third-order valence-corrected chi connectivity index (χ3v) is 3.17. The lowest BCUT2D eigenvalue weighted by atomic mass is 10.1. The van der Waals surface area contributed by atoms with E-state index in [4.69, 9.17) is 11.6 Å². The summed E-state index contributed by atoms with van der Waals surface area (Å²) in [7, 11) is 0. The Labute approximate surface area is 93.1 Å². The molecule has 0 bridgehead atoms. The Kier molecular flexibility index (Phi) is 2.15. The van der Waals surface area contributed by atoms with Crippen molar-refractivity contribution in [3.05, 3.63) is 35.4 Å². The van der Waals surface area contributed by atoms with E-state index in [1.54, 1.807) is 0 Å². The molecule has 0 aliphatic carbocycles. The maximum atomic E-state index is 5.99. The fraction of sp³-hybridized carbons (Fsp3) is 0.364. The molecule has 78 valence electrons. The molecule has 1 unspecified atom stereocenters. The van der Waals surface area contributed by atoms with Crippen LogP contribution in [-0.4, -0.2) is 22.5 Å². The topological polar surface area (TPSA) is 29.3 Å². The number of aromatic nitrogens is 2. The van der Waals surface area contributed by atoms with Crippen molar-refractivity contribution in [3.63, 3.8) is 0 Å². The van der Waals surface area contributed by atoms with Crippen LogP contribution in [0.5, 0.6) is 0 Å². The Morgan fingerprint density at radius 2 is 2.40 bits per heavy atom. The molecule has 1 N–H and O–H groups in total. The summed E-state index contributed by atoms with van der Waals surface area (Å²) in [6.45, 7) is 2.10. The van der Waals surface area contributed by atoms with Crippen molar-refractivity contribution in [2.45, 2.75) is 12.3 Å². The first-order valence-corrected chi connectivity index (χ1v) is 5.55. The van der Waals surface area contributed by atoms with Crippen LogP contribution in [0.4, 0.5) is 0 Å². The number of rotatable bonds is 1. The fourth-order valence-corrected chi connectivity index (χ4v) is 2.32. The van der Waals surface area contributed by atoms with Gasteiger partial charge in [-0.05, 0) is 25.1 Å². The number of hydrogen-bond acceptors (Lipinski definition) is 2. The van der Waals surface area contributed by atoms with Gasteiger partial charge in [-0.2, -0.15) is 0 Å². The minimum Gasteiger partial charge on any atom is -0.316 e. The Hall–Kier alpha value is -1.06. The van der Waals surface area contributed by atoms with Crippen LogP contribution in [0.15, 0.2) is 24.5 Å². The van der Waals surface area contributed by atoms with Crippen LogP contribution in [0.2, 0.25) is 5.02 Å². The molecule has 1 aliphatic heterocycles. The van der Waals surface area contributed by atoms with Gasteiger partial charge in [0.25, 0.3) is 0 Å². The van der Waals surface area contributed by atoms with Gasteiger partial charge >= 0.3 is 0 Å². The molecule has 0 aromatic carbocycles. The fourth-order valence-electron chi connectivity index (χ4n) is 2.16. The van der Waals surface area contributed by atoms with Gasteiger partial charge in [-0.3, -0.25) is 0 Å². The Bertz CT molecular complexity index is 486.